The van der Waals surface area contributed by atoms with Crippen molar-refractivity contribution < 1.29 is 13.5 Å². The normalized spacial score (nSPS) is 11.1. The van der Waals surface area contributed by atoms with E-state index in [0.717, 1.165) is 5.56 Å². The van der Waals surface area contributed by atoms with Crippen molar-refractivity contribution in [1.29, 1.82) is 0 Å². The van der Waals surface area contributed by atoms with E-state index in [1.165, 1.54) is 12.3 Å². The number of nitrogens with zero attached hydrogens (tertiary/aromatic N) is 1. The van der Waals surface area contributed by atoms with Crippen LogP contribution in [0.4, 0.5) is 14.5 Å². The molecule has 3 nitrogen and oxygen atoms in total. The lowest BCUT2D eigenvalue weighted by Gasteiger charge is -2.07. The van der Waals surface area contributed by atoms with Crippen molar-refractivity contribution in [3.8, 4) is 5.75 Å². The number of ether oxygens (including phenoxy) is 1. The second-order valence-electron chi connectivity index (χ2n) is 4.25. The molecular formula is C15H13ClF2N2O. The smallest absolute Gasteiger partial charge is 0.387 e. The van der Waals surface area contributed by atoms with Crippen LogP contribution in [0.5, 0.6) is 5.75 Å². The minimum absolute atomic E-state index is 0.0694. The van der Waals surface area contributed by atoms with Gasteiger partial charge in [0.1, 0.15) is 5.75 Å². The van der Waals surface area contributed by atoms with E-state index >= 15 is 0 Å². The van der Waals surface area contributed by atoms with Crippen molar-refractivity contribution >= 4 is 23.5 Å². The highest BCUT2D eigenvalue weighted by Gasteiger charge is 2.07. The molecule has 0 radical (unpaired) electrons. The lowest BCUT2D eigenvalue weighted by atomic mass is 10.2. The molecule has 0 bridgehead atoms. The van der Waals surface area contributed by atoms with Gasteiger partial charge in [0.15, 0.2) is 0 Å². The Morgan fingerprint density at radius 1 is 1.24 bits per heavy atom. The van der Waals surface area contributed by atoms with Crippen LogP contribution in [0.2, 0.25) is 5.02 Å². The van der Waals surface area contributed by atoms with Gasteiger partial charge >= 0.3 is 6.61 Å². The fourth-order valence-corrected chi connectivity index (χ4v) is 1.81. The monoisotopic (exact) mass is 310 g/mol. The fourth-order valence-electron chi connectivity index (χ4n) is 1.63. The molecule has 0 aliphatic rings. The van der Waals surface area contributed by atoms with Crippen molar-refractivity contribution in [2.75, 3.05) is 5.43 Å². The van der Waals surface area contributed by atoms with Gasteiger partial charge in [0, 0.05) is 10.6 Å². The van der Waals surface area contributed by atoms with Gasteiger partial charge < -0.3 is 4.74 Å². The molecule has 2 aromatic rings. The molecule has 21 heavy (non-hydrogen) atoms. The number of hydrogen-bond donors (Lipinski definition) is 1. The molecule has 0 aromatic heterocycles. The summed E-state index contributed by atoms with van der Waals surface area (Å²) in [6.45, 7) is -0.976. The molecule has 0 heterocycles. The maximum absolute atomic E-state index is 12.3. The third-order valence-corrected chi connectivity index (χ3v) is 3.11. The van der Waals surface area contributed by atoms with Crippen LogP contribution < -0.4 is 10.2 Å². The topological polar surface area (TPSA) is 33.6 Å². The van der Waals surface area contributed by atoms with Crippen molar-refractivity contribution in [2.24, 2.45) is 5.10 Å². The Kier molecular flexibility index (Phi) is 5.11. The fraction of sp³-hybridized carbons (Fsp3) is 0.133. The molecule has 0 aliphatic carbocycles. The number of hydrazone groups is 1. The molecule has 2 rings (SSSR count). The van der Waals surface area contributed by atoms with E-state index in [2.05, 4.69) is 15.3 Å². The Morgan fingerprint density at radius 3 is 2.71 bits per heavy atom. The lowest BCUT2D eigenvalue weighted by Crippen LogP contribution is -2.04. The second kappa shape index (κ2) is 7.04. The highest BCUT2D eigenvalue weighted by molar-refractivity contribution is 6.31. The number of aryl methyl sites for hydroxylation is 1. The molecule has 0 fully saturated rings. The molecule has 0 amide bonds. The molecule has 6 heteroatoms. The van der Waals surface area contributed by atoms with Crippen LogP contribution in [-0.4, -0.2) is 12.8 Å². The van der Waals surface area contributed by atoms with Crippen LogP contribution in [-0.2, 0) is 0 Å². The summed E-state index contributed by atoms with van der Waals surface area (Å²) in [5.41, 5.74) is 4.89. The lowest BCUT2D eigenvalue weighted by molar-refractivity contribution is -0.0499. The van der Waals surface area contributed by atoms with Gasteiger partial charge in [-0.3, -0.25) is 5.43 Å². The number of halogens is 3. The molecule has 0 saturated heterocycles. The summed E-state index contributed by atoms with van der Waals surface area (Å²) in [5, 5.41) is 4.61. The predicted molar refractivity (Wildman–Crippen MR) is 80.5 cm³/mol. The summed E-state index contributed by atoms with van der Waals surface area (Å²) in [4.78, 5) is 0. The Hall–Kier alpha value is -2.14. The first kappa shape index (κ1) is 15.3. The van der Waals surface area contributed by atoms with Gasteiger partial charge in [-0.05, 0) is 36.8 Å². The number of anilines is 1. The molecular weight excluding hydrogens is 298 g/mol. The van der Waals surface area contributed by atoms with E-state index in [1.807, 2.05) is 19.1 Å². The van der Waals surface area contributed by atoms with Gasteiger partial charge in [0.2, 0.25) is 0 Å². The SMILES string of the molecule is Cc1ccc(N/N=C\c2ccccc2OC(F)F)cc1Cl. The van der Waals surface area contributed by atoms with E-state index in [0.29, 0.717) is 16.3 Å². The summed E-state index contributed by atoms with van der Waals surface area (Å²) in [7, 11) is 0. The summed E-state index contributed by atoms with van der Waals surface area (Å²) in [6, 6.07) is 11.8. The molecule has 0 unspecified atom stereocenters. The standard InChI is InChI=1S/C15H13ClF2N2O/c1-10-6-7-12(8-13(10)16)20-19-9-11-4-2-3-5-14(11)21-15(17)18/h2-9,15,20H,1H3/b19-9-. The van der Waals surface area contributed by atoms with Crippen LogP contribution in [0.1, 0.15) is 11.1 Å². The third kappa shape index (κ3) is 4.43. The minimum Gasteiger partial charge on any atom is -0.434 e. The number of hydrogen-bond acceptors (Lipinski definition) is 3. The average molecular weight is 311 g/mol. The summed E-state index contributed by atoms with van der Waals surface area (Å²) in [6.07, 6.45) is 1.41. The number of rotatable bonds is 5. The van der Waals surface area contributed by atoms with Gasteiger partial charge in [-0.2, -0.15) is 13.9 Å². The zero-order valence-corrected chi connectivity index (χ0v) is 11.9. The highest BCUT2D eigenvalue weighted by Crippen LogP contribution is 2.21. The number of nitrogens with one attached hydrogen (secondary N) is 1. The first-order chi connectivity index (χ1) is 10.1. The molecule has 0 atom stereocenters. The van der Waals surface area contributed by atoms with Crippen LogP contribution in [0.25, 0.3) is 0 Å². The van der Waals surface area contributed by atoms with Crippen molar-refractivity contribution in [3.05, 3.63) is 58.6 Å². The second-order valence-corrected chi connectivity index (χ2v) is 4.66. The number of para-hydroxylation sites is 1. The first-order valence-electron chi connectivity index (χ1n) is 6.15. The Bertz CT molecular complexity index is 647. The number of alkyl halides is 2. The summed E-state index contributed by atoms with van der Waals surface area (Å²) >= 11 is 6.00. The van der Waals surface area contributed by atoms with Crippen LogP contribution in [0.15, 0.2) is 47.6 Å². The molecule has 2 aromatic carbocycles. The van der Waals surface area contributed by atoms with E-state index in [9.17, 15) is 8.78 Å². The van der Waals surface area contributed by atoms with Gasteiger partial charge in [-0.25, -0.2) is 0 Å². The van der Waals surface area contributed by atoms with E-state index in [-0.39, 0.29) is 5.75 Å². The zero-order chi connectivity index (χ0) is 15.2. The average Bonchev–Trinajstić information content (AvgIpc) is 2.44. The van der Waals surface area contributed by atoms with Gasteiger partial charge in [0.05, 0.1) is 11.9 Å². The molecule has 0 spiro atoms. The Morgan fingerprint density at radius 2 is 2.00 bits per heavy atom. The maximum atomic E-state index is 12.3. The minimum atomic E-state index is -2.87. The summed E-state index contributed by atoms with van der Waals surface area (Å²) < 4.78 is 29.0. The molecule has 0 aliphatic heterocycles. The van der Waals surface area contributed by atoms with E-state index in [4.69, 9.17) is 11.6 Å². The zero-order valence-electron chi connectivity index (χ0n) is 11.2. The van der Waals surface area contributed by atoms with Gasteiger partial charge in [0.25, 0.3) is 0 Å². The molecule has 0 saturated carbocycles. The van der Waals surface area contributed by atoms with Crippen LogP contribution in [0, 0.1) is 6.92 Å². The number of benzene rings is 2. The Labute approximate surface area is 126 Å². The van der Waals surface area contributed by atoms with Crippen molar-refractivity contribution in [2.45, 2.75) is 13.5 Å². The Balaban J connectivity index is 2.09. The predicted octanol–water partition coefficient (Wildman–Crippen LogP) is 4.70. The third-order valence-electron chi connectivity index (χ3n) is 2.70. The largest absolute Gasteiger partial charge is 0.434 e. The van der Waals surface area contributed by atoms with Crippen molar-refractivity contribution in [1.82, 2.24) is 0 Å². The van der Waals surface area contributed by atoms with Crippen LogP contribution in [0.3, 0.4) is 0 Å². The highest BCUT2D eigenvalue weighted by atomic mass is 35.5. The van der Waals surface area contributed by atoms with Crippen molar-refractivity contribution in [3.63, 3.8) is 0 Å². The van der Waals surface area contributed by atoms with Gasteiger partial charge in [-0.15, -0.1) is 0 Å². The molecule has 1 N–H and O–H groups in total. The van der Waals surface area contributed by atoms with E-state index < -0.39 is 6.61 Å². The summed E-state index contributed by atoms with van der Waals surface area (Å²) in [5.74, 6) is 0.0694. The van der Waals surface area contributed by atoms with Crippen LogP contribution >= 0.6 is 11.6 Å². The maximum Gasteiger partial charge on any atom is 0.387 e. The van der Waals surface area contributed by atoms with E-state index in [1.54, 1.807) is 24.3 Å². The first-order valence-corrected chi connectivity index (χ1v) is 6.53. The van der Waals surface area contributed by atoms with Gasteiger partial charge in [-0.1, -0.05) is 29.8 Å². The molecule has 110 valence electrons. The quantitative estimate of drug-likeness (QED) is 0.641.